The zero-order valence-corrected chi connectivity index (χ0v) is 16.6. The van der Waals surface area contributed by atoms with E-state index < -0.39 is 0 Å². The van der Waals surface area contributed by atoms with E-state index in [1.807, 2.05) is 24.3 Å². The quantitative estimate of drug-likeness (QED) is 0.562. The second-order valence-corrected chi connectivity index (χ2v) is 8.56. The van der Waals surface area contributed by atoms with E-state index in [-0.39, 0.29) is 5.56 Å². The summed E-state index contributed by atoms with van der Waals surface area (Å²) in [7, 11) is 2.11. The molecule has 1 unspecified atom stereocenters. The molecular formula is C22H23N4OS+. The van der Waals surface area contributed by atoms with Gasteiger partial charge in [-0.25, -0.2) is 4.98 Å². The molecule has 1 aliphatic rings. The van der Waals surface area contributed by atoms with Crippen molar-refractivity contribution in [2.45, 2.75) is 25.4 Å². The topological polar surface area (TPSA) is 55.1 Å². The third kappa shape index (κ3) is 3.08. The van der Waals surface area contributed by atoms with E-state index in [0.29, 0.717) is 11.4 Å². The van der Waals surface area contributed by atoms with Crippen molar-refractivity contribution < 1.29 is 4.90 Å². The van der Waals surface area contributed by atoms with Gasteiger partial charge in [-0.05, 0) is 23.8 Å². The maximum atomic E-state index is 12.7. The first kappa shape index (κ1) is 17.4. The number of hydrogen-bond acceptors (Lipinski definition) is 3. The molecule has 0 aliphatic carbocycles. The average Bonchev–Trinajstić information content (AvgIpc) is 3.42. The van der Waals surface area contributed by atoms with Crippen LogP contribution >= 0.6 is 11.3 Å². The van der Waals surface area contributed by atoms with Gasteiger partial charge in [0.1, 0.15) is 17.4 Å². The lowest BCUT2D eigenvalue weighted by molar-refractivity contribution is -0.933. The van der Waals surface area contributed by atoms with Crippen LogP contribution < -0.4 is 10.5 Å². The van der Waals surface area contributed by atoms with Crippen molar-refractivity contribution in [3.63, 3.8) is 0 Å². The van der Waals surface area contributed by atoms with Gasteiger partial charge in [-0.2, -0.15) is 0 Å². The van der Waals surface area contributed by atoms with Gasteiger partial charge in [0.2, 0.25) is 0 Å². The maximum Gasteiger partial charge on any atom is 0.259 e. The van der Waals surface area contributed by atoms with Gasteiger partial charge in [0.15, 0.2) is 5.82 Å². The number of aromatic amines is 1. The highest BCUT2D eigenvalue weighted by molar-refractivity contribution is 7.21. The Balaban J connectivity index is 1.46. The Labute approximate surface area is 167 Å². The number of aryl methyl sites for hydroxylation is 1. The highest BCUT2D eigenvalue weighted by Crippen LogP contribution is 2.30. The van der Waals surface area contributed by atoms with Crippen molar-refractivity contribution in [2.75, 3.05) is 6.54 Å². The van der Waals surface area contributed by atoms with E-state index in [4.69, 9.17) is 4.98 Å². The zero-order chi connectivity index (χ0) is 19.1. The van der Waals surface area contributed by atoms with Crippen molar-refractivity contribution in [2.24, 2.45) is 7.05 Å². The second-order valence-electron chi connectivity index (χ2n) is 7.53. The smallest absolute Gasteiger partial charge is 0.259 e. The van der Waals surface area contributed by atoms with Gasteiger partial charge in [0.25, 0.3) is 5.56 Å². The fourth-order valence-corrected chi connectivity index (χ4v) is 5.39. The second kappa shape index (κ2) is 7.04. The molecule has 142 valence electrons. The standard InChI is InChI=1S/C22H22N4OS/c1-25-11-5-9-17(25)18-10-6-12-26(18)14-20-23-21(27)16-13-19(28-22(16)24-20)15-7-3-2-4-8-15/h2-5,7-9,11,13,18H,6,10,12,14H2,1H3,(H,23,24,27)/p+1/t18-/m1/s1. The molecule has 2 atom stereocenters. The van der Waals surface area contributed by atoms with Gasteiger partial charge in [-0.3, -0.25) is 4.79 Å². The fraction of sp³-hybridized carbons (Fsp3) is 0.273. The summed E-state index contributed by atoms with van der Waals surface area (Å²) in [6.45, 7) is 1.86. The highest BCUT2D eigenvalue weighted by Gasteiger charge is 2.32. The third-order valence-electron chi connectivity index (χ3n) is 5.73. The van der Waals surface area contributed by atoms with Gasteiger partial charge in [-0.15, -0.1) is 11.3 Å². The molecule has 1 aromatic carbocycles. The SMILES string of the molecule is Cn1cccc1[C@H]1CCC[NH+]1Cc1nc2sc(-c3ccccc3)cc2c(=O)[nH]1. The zero-order valence-electron chi connectivity index (χ0n) is 15.8. The largest absolute Gasteiger partial charge is 0.350 e. The van der Waals surface area contributed by atoms with Crippen LogP contribution in [-0.4, -0.2) is 21.1 Å². The number of fused-ring (bicyclic) bond motifs is 1. The predicted molar refractivity (Wildman–Crippen MR) is 113 cm³/mol. The Hall–Kier alpha value is -2.70. The molecule has 6 heteroatoms. The van der Waals surface area contributed by atoms with E-state index in [0.717, 1.165) is 34.2 Å². The number of nitrogens with one attached hydrogen (secondary N) is 2. The monoisotopic (exact) mass is 391 g/mol. The minimum absolute atomic E-state index is 0.0348. The minimum atomic E-state index is -0.0348. The number of nitrogens with zero attached hydrogens (tertiary/aromatic N) is 2. The van der Waals surface area contributed by atoms with E-state index in [2.05, 4.69) is 47.1 Å². The lowest BCUT2D eigenvalue weighted by Gasteiger charge is -2.21. The number of benzene rings is 1. The number of aromatic nitrogens is 3. The molecule has 4 heterocycles. The summed E-state index contributed by atoms with van der Waals surface area (Å²) in [5.74, 6) is 0.787. The number of hydrogen-bond donors (Lipinski definition) is 2. The summed E-state index contributed by atoms with van der Waals surface area (Å²) in [6, 6.07) is 16.9. The summed E-state index contributed by atoms with van der Waals surface area (Å²) in [4.78, 5) is 23.9. The molecule has 3 aromatic heterocycles. The molecule has 1 aliphatic heterocycles. The molecule has 1 saturated heterocycles. The number of thiophene rings is 1. The molecule has 5 nitrogen and oxygen atoms in total. The van der Waals surface area contributed by atoms with Crippen LogP contribution in [0.3, 0.4) is 0 Å². The molecule has 1 fully saturated rings. The van der Waals surface area contributed by atoms with Crippen LogP contribution in [0.2, 0.25) is 0 Å². The van der Waals surface area contributed by atoms with E-state index in [9.17, 15) is 4.79 Å². The van der Waals surface area contributed by atoms with Gasteiger partial charge in [-0.1, -0.05) is 30.3 Å². The molecule has 0 spiro atoms. The van der Waals surface area contributed by atoms with Crippen LogP contribution in [0, 0.1) is 0 Å². The molecule has 5 rings (SSSR count). The number of H-pyrrole nitrogens is 1. The van der Waals surface area contributed by atoms with Crippen molar-refractivity contribution in [1.82, 2.24) is 14.5 Å². The van der Waals surface area contributed by atoms with Crippen molar-refractivity contribution in [1.29, 1.82) is 0 Å². The molecule has 0 saturated carbocycles. The van der Waals surface area contributed by atoms with Gasteiger partial charge < -0.3 is 14.5 Å². The molecule has 4 aromatic rings. The van der Waals surface area contributed by atoms with E-state index in [1.54, 1.807) is 11.3 Å². The first-order valence-corrected chi connectivity index (χ1v) is 10.5. The molecule has 0 bridgehead atoms. The third-order valence-corrected chi connectivity index (χ3v) is 6.81. The summed E-state index contributed by atoms with van der Waals surface area (Å²) in [6.07, 6.45) is 4.49. The Bertz CT molecular complexity index is 1170. The highest BCUT2D eigenvalue weighted by atomic mass is 32.1. The fourth-order valence-electron chi connectivity index (χ4n) is 4.34. The van der Waals surface area contributed by atoms with Crippen LogP contribution in [0.15, 0.2) is 59.5 Å². The number of likely N-dealkylation sites (tertiary alicyclic amines) is 1. The molecular weight excluding hydrogens is 368 g/mol. The van der Waals surface area contributed by atoms with Crippen molar-refractivity contribution >= 4 is 21.6 Å². The van der Waals surface area contributed by atoms with E-state index in [1.165, 1.54) is 23.4 Å². The summed E-state index contributed by atoms with van der Waals surface area (Å²) < 4.78 is 2.21. The summed E-state index contributed by atoms with van der Waals surface area (Å²) >= 11 is 1.59. The minimum Gasteiger partial charge on any atom is -0.350 e. The van der Waals surface area contributed by atoms with Gasteiger partial charge in [0.05, 0.1) is 17.6 Å². The van der Waals surface area contributed by atoms with Crippen LogP contribution in [0.4, 0.5) is 0 Å². The first-order valence-electron chi connectivity index (χ1n) is 9.73. The maximum absolute atomic E-state index is 12.7. The van der Waals surface area contributed by atoms with Gasteiger partial charge in [0, 0.05) is 31.0 Å². The lowest BCUT2D eigenvalue weighted by atomic mass is 10.1. The van der Waals surface area contributed by atoms with Gasteiger partial charge >= 0.3 is 0 Å². The summed E-state index contributed by atoms with van der Waals surface area (Å²) in [5.41, 5.74) is 2.45. The Morgan fingerprint density at radius 1 is 1.25 bits per heavy atom. The summed E-state index contributed by atoms with van der Waals surface area (Å²) in [5, 5.41) is 0.683. The van der Waals surface area contributed by atoms with Crippen LogP contribution in [0.1, 0.15) is 30.4 Å². The molecule has 28 heavy (non-hydrogen) atoms. The average molecular weight is 392 g/mol. The number of rotatable bonds is 4. The van der Waals surface area contributed by atoms with Crippen molar-refractivity contribution in [3.8, 4) is 10.4 Å². The predicted octanol–water partition coefficient (Wildman–Crippen LogP) is 2.91. The molecule has 0 radical (unpaired) electrons. The molecule has 2 N–H and O–H groups in total. The van der Waals surface area contributed by atoms with Crippen LogP contribution in [-0.2, 0) is 13.6 Å². The molecule has 0 amide bonds. The Morgan fingerprint density at radius 3 is 2.89 bits per heavy atom. The number of quaternary nitrogens is 1. The van der Waals surface area contributed by atoms with Crippen LogP contribution in [0.25, 0.3) is 20.7 Å². The van der Waals surface area contributed by atoms with Crippen LogP contribution in [0.5, 0.6) is 0 Å². The Kier molecular flexibility index (Phi) is 4.37. The van der Waals surface area contributed by atoms with E-state index >= 15 is 0 Å². The van der Waals surface area contributed by atoms with Crippen molar-refractivity contribution in [3.05, 3.63) is 76.6 Å². The Morgan fingerprint density at radius 2 is 2.11 bits per heavy atom. The first-order chi connectivity index (χ1) is 13.7. The normalized spacial score (nSPS) is 19.5. The lowest BCUT2D eigenvalue weighted by Crippen LogP contribution is -3.09.